The van der Waals surface area contributed by atoms with E-state index >= 15 is 0 Å². The van der Waals surface area contributed by atoms with Gasteiger partial charge in [-0.2, -0.15) is 5.26 Å². The number of carbonyl (C=O) groups is 2. The Morgan fingerprint density at radius 3 is 2.41 bits per heavy atom. The summed E-state index contributed by atoms with van der Waals surface area (Å²) in [6.07, 6.45) is 1.94. The molecule has 0 aliphatic heterocycles. The van der Waals surface area contributed by atoms with Crippen LogP contribution in [0.2, 0.25) is 0 Å². The molecule has 0 saturated heterocycles. The first-order chi connectivity index (χ1) is 10.3. The molecule has 1 atom stereocenters. The molecule has 1 rings (SSSR count). The van der Waals surface area contributed by atoms with Crippen molar-refractivity contribution >= 4 is 23.6 Å². The summed E-state index contributed by atoms with van der Waals surface area (Å²) in [5.41, 5.74) is -0.596. The lowest BCUT2D eigenvalue weighted by Gasteiger charge is -2.27. The van der Waals surface area contributed by atoms with E-state index in [4.69, 9.17) is 10.00 Å². The Kier molecular flexibility index (Phi) is 6.44. The standard InChI is InChI=1S/C16H20N2O3S/c1-11(2)16(3,10-17)18-14(19)9-21-15(20)12-5-7-13(22-4)8-6-12/h5-8,11H,9H2,1-4H3,(H,18,19)/t16-/m1/s1. The second kappa shape index (κ2) is 7.85. The fraction of sp³-hybridized carbons (Fsp3) is 0.438. The second-order valence-electron chi connectivity index (χ2n) is 5.32. The van der Waals surface area contributed by atoms with Crippen LogP contribution >= 0.6 is 11.8 Å². The second-order valence-corrected chi connectivity index (χ2v) is 6.20. The molecule has 0 radical (unpaired) electrons. The molecule has 0 aliphatic rings. The monoisotopic (exact) mass is 320 g/mol. The van der Waals surface area contributed by atoms with Gasteiger partial charge in [-0.3, -0.25) is 4.79 Å². The highest BCUT2D eigenvalue weighted by molar-refractivity contribution is 7.98. The molecule has 0 heterocycles. The van der Waals surface area contributed by atoms with E-state index in [0.717, 1.165) is 4.90 Å². The first kappa shape index (κ1) is 18.1. The van der Waals surface area contributed by atoms with Crippen LogP contribution in [0.3, 0.4) is 0 Å². The summed E-state index contributed by atoms with van der Waals surface area (Å²) < 4.78 is 4.97. The SMILES string of the molecule is CSc1ccc(C(=O)OCC(=O)N[C@](C)(C#N)C(C)C)cc1. The van der Waals surface area contributed by atoms with Gasteiger partial charge in [-0.1, -0.05) is 13.8 Å². The maximum absolute atomic E-state index is 11.8. The smallest absolute Gasteiger partial charge is 0.338 e. The van der Waals surface area contributed by atoms with Crippen molar-refractivity contribution in [3.05, 3.63) is 29.8 Å². The van der Waals surface area contributed by atoms with Crippen LogP contribution in [0.5, 0.6) is 0 Å². The first-order valence-electron chi connectivity index (χ1n) is 6.86. The van der Waals surface area contributed by atoms with Crippen molar-refractivity contribution in [1.29, 1.82) is 5.26 Å². The van der Waals surface area contributed by atoms with Crippen LogP contribution in [-0.4, -0.2) is 30.3 Å². The molecule has 1 N–H and O–H groups in total. The number of rotatable bonds is 6. The van der Waals surface area contributed by atoms with E-state index in [0.29, 0.717) is 5.56 Å². The number of nitriles is 1. The predicted molar refractivity (Wildman–Crippen MR) is 85.5 cm³/mol. The Morgan fingerprint density at radius 2 is 1.95 bits per heavy atom. The van der Waals surface area contributed by atoms with Gasteiger partial charge in [0.25, 0.3) is 5.91 Å². The molecule has 0 saturated carbocycles. The van der Waals surface area contributed by atoms with Crippen molar-refractivity contribution in [3.63, 3.8) is 0 Å². The average Bonchev–Trinajstić information content (AvgIpc) is 2.52. The van der Waals surface area contributed by atoms with Gasteiger partial charge in [0.2, 0.25) is 0 Å². The van der Waals surface area contributed by atoms with Gasteiger partial charge in [0, 0.05) is 4.90 Å². The van der Waals surface area contributed by atoms with Gasteiger partial charge >= 0.3 is 5.97 Å². The van der Waals surface area contributed by atoms with E-state index in [-0.39, 0.29) is 5.92 Å². The van der Waals surface area contributed by atoms with E-state index in [2.05, 4.69) is 11.4 Å². The minimum atomic E-state index is -0.983. The molecular weight excluding hydrogens is 300 g/mol. The van der Waals surface area contributed by atoms with Crippen molar-refractivity contribution in [2.75, 3.05) is 12.9 Å². The zero-order valence-corrected chi connectivity index (χ0v) is 14.0. The largest absolute Gasteiger partial charge is 0.452 e. The lowest BCUT2D eigenvalue weighted by molar-refractivity contribution is -0.125. The van der Waals surface area contributed by atoms with Crippen molar-refractivity contribution in [2.24, 2.45) is 5.92 Å². The number of esters is 1. The van der Waals surface area contributed by atoms with E-state index in [1.807, 2.05) is 32.2 Å². The van der Waals surface area contributed by atoms with E-state index in [1.165, 1.54) is 0 Å². The first-order valence-corrected chi connectivity index (χ1v) is 8.08. The summed E-state index contributed by atoms with van der Waals surface area (Å²) in [6.45, 7) is 4.90. The summed E-state index contributed by atoms with van der Waals surface area (Å²) in [6, 6.07) is 9.00. The topological polar surface area (TPSA) is 79.2 Å². The van der Waals surface area contributed by atoms with Crippen molar-refractivity contribution in [3.8, 4) is 6.07 Å². The molecule has 1 aromatic rings. The van der Waals surface area contributed by atoms with Gasteiger partial charge in [0.15, 0.2) is 6.61 Å². The van der Waals surface area contributed by atoms with E-state index in [9.17, 15) is 9.59 Å². The third-order valence-electron chi connectivity index (χ3n) is 3.45. The number of hydrogen-bond acceptors (Lipinski definition) is 5. The summed E-state index contributed by atoms with van der Waals surface area (Å²) in [5.74, 6) is -1.12. The lowest BCUT2D eigenvalue weighted by Crippen LogP contribution is -2.50. The maximum Gasteiger partial charge on any atom is 0.338 e. The number of nitrogens with one attached hydrogen (secondary N) is 1. The van der Waals surface area contributed by atoms with Crippen LogP contribution in [0.4, 0.5) is 0 Å². The van der Waals surface area contributed by atoms with Crippen molar-refractivity contribution in [2.45, 2.75) is 31.2 Å². The molecule has 5 nitrogen and oxygen atoms in total. The Balaban J connectivity index is 2.56. The molecule has 1 aromatic carbocycles. The summed E-state index contributed by atoms with van der Waals surface area (Å²) >= 11 is 1.57. The van der Waals surface area contributed by atoms with Gasteiger partial charge in [-0.05, 0) is 43.4 Å². The summed E-state index contributed by atoms with van der Waals surface area (Å²) in [4.78, 5) is 24.7. The van der Waals surface area contributed by atoms with Crippen LogP contribution in [-0.2, 0) is 9.53 Å². The number of carbonyl (C=O) groups excluding carboxylic acids is 2. The fourth-order valence-corrected chi connectivity index (χ4v) is 1.98. The van der Waals surface area contributed by atoms with E-state index in [1.54, 1.807) is 30.8 Å². The van der Waals surface area contributed by atoms with Gasteiger partial charge in [0.1, 0.15) is 5.54 Å². The summed E-state index contributed by atoms with van der Waals surface area (Å²) in [5, 5.41) is 11.7. The van der Waals surface area contributed by atoms with Crippen LogP contribution in [0.25, 0.3) is 0 Å². The molecule has 0 aliphatic carbocycles. The van der Waals surface area contributed by atoms with Gasteiger partial charge in [-0.25, -0.2) is 4.79 Å². The average molecular weight is 320 g/mol. The van der Waals surface area contributed by atoms with Gasteiger partial charge in [-0.15, -0.1) is 11.8 Å². The molecular formula is C16H20N2O3S. The maximum atomic E-state index is 11.8. The number of amides is 1. The van der Waals surface area contributed by atoms with Crippen LogP contribution in [0.1, 0.15) is 31.1 Å². The minimum Gasteiger partial charge on any atom is -0.452 e. The number of hydrogen-bond donors (Lipinski definition) is 1. The molecule has 6 heteroatoms. The zero-order valence-electron chi connectivity index (χ0n) is 13.2. The predicted octanol–water partition coefficient (Wildman–Crippen LogP) is 2.62. The van der Waals surface area contributed by atoms with Gasteiger partial charge in [0.05, 0.1) is 11.6 Å². The van der Waals surface area contributed by atoms with E-state index < -0.39 is 24.0 Å². The molecule has 118 valence electrons. The number of benzene rings is 1. The third-order valence-corrected chi connectivity index (χ3v) is 4.19. The molecule has 0 bridgehead atoms. The number of ether oxygens (including phenoxy) is 1. The highest BCUT2D eigenvalue weighted by atomic mass is 32.2. The third kappa shape index (κ3) is 4.78. The quantitative estimate of drug-likeness (QED) is 0.644. The van der Waals surface area contributed by atoms with Crippen molar-refractivity contribution < 1.29 is 14.3 Å². The van der Waals surface area contributed by atoms with Crippen LogP contribution in [0.15, 0.2) is 29.2 Å². The normalized spacial score (nSPS) is 13.1. The van der Waals surface area contributed by atoms with Crippen LogP contribution in [0, 0.1) is 17.2 Å². The number of nitrogens with zero attached hydrogens (tertiary/aromatic N) is 1. The molecule has 0 spiro atoms. The molecule has 0 unspecified atom stereocenters. The Morgan fingerprint density at radius 1 is 1.36 bits per heavy atom. The Bertz CT molecular complexity index is 578. The molecule has 0 fully saturated rings. The minimum absolute atomic E-state index is 0.0590. The highest BCUT2D eigenvalue weighted by Crippen LogP contribution is 2.16. The van der Waals surface area contributed by atoms with Gasteiger partial charge < -0.3 is 10.1 Å². The molecule has 22 heavy (non-hydrogen) atoms. The number of thioether (sulfide) groups is 1. The molecule has 1 amide bonds. The van der Waals surface area contributed by atoms with Crippen LogP contribution < -0.4 is 5.32 Å². The summed E-state index contributed by atoms with van der Waals surface area (Å²) in [7, 11) is 0. The highest BCUT2D eigenvalue weighted by Gasteiger charge is 2.30. The molecule has 0 aromatic heterocycles. The zero-order chi connectivity index (χ0) is 16.8. The lowest BCUT2D eigenvalue weighted by atomic mass is 9.90. The Labute approximate surface area is 135 Å². The van der Waals surface area contributed by atoms with Crippen molar-refractivity contribution in [1.82, 2.24) is 5.32 Å². The fourth-order valence-electron chi connectivity index (χ4n) is 1.57. The Hall–Kier alpha value is -2.00.